The number of fused-ring (bicyclic) bond motifs is 1. The van der Waals surface area contributed by atoms with Crippen LogP contribution in [0.4, 0.5) is 0 Å². The molecule has 0 aliphatic rings. The first kappa shape index (κ1) is 13.9. The molecule has 0 saturated carbocycles. The number of rotatable bonds is 6. The smallest absolute Gasteiger partial charge is 0.257 e. The van der Waals surface area contributed by atoms with E-state index in [4.69, 9.17) is 4.42 Å². The summed E-state index contributed by atoms with van der Waals surface area (Å²) in [7, 11) is 0. The maximum atomic E-state index is 11.8. The van der Waals surface area contributed by atoms with Crippen LogP contribution in [-0.2, 0) is 4.79 Å². The fourth-order valence-electron chi connectivity index (χ4n) is 1.80. The highest BCUT2D eigenvalue weighted by atomic mass is 32.2. The summed E-state index contributed by atoms with van der Waals surface area (Å²) in [6, 6.07) is 7.85. The predicted molar refractivity (Wildman–Crippen MR) is 77.2 cm³/mol. The molecule has 0 aliphatic carbocycles. The first-order valence-corrected chi connectivity index (χ1v) is 7.49. The van der Waals surface area contributed by atoms with Crippen molar-refractivity contribution in [1.29, 1.82) is 0 Å². The minimum atomic E-state index is 0.0287. The van der Waals surface area contributed by atoms with E-state index in [1.165, 1.54) is 11.8 Å². The van der Waals surface area contributed by atoms with Gasteiger partial charge in [0, 0.05) is 6.04 Å². The average Bonchev–Trinajstić information content (AvgIpc) is 2.85. The van der Waals surface area contributed by atoms with E-state index in [2.05, 4.69) is 24.1 Å². The SMILES string of the molecule is CCC(CC)NC(=O)CSc1nc2ccccc2o1. The van der Waals surface area contributed by atoms with Crippen LogP contribution in [-0.4, -0.2) is 22.7 Å². The molecule has 2 aromatic rings. The van der Waals surface area contributed by atoms with Gasteiger partial charge in [0.1, 0.15) is 5.52 Å². The Kier molecular flexibility index (Phi) is 4.85. The molecule has 0 fully saturated rings. The van der Waals surface area contributed by atoms with Crippen molar-refractivity contribution in [2.24, 2.45) is 0 Å². The van der Waals surface area contributed by atoms with Crippen molar-refractivity contribution in [3.05, 3.63) is 24.3 Å². The van der Waals surface area contributed by atoms with Gasteiger partial charge in [0.05, 0.1) is 5.75 Å². The van der Waals surface area contributed by atoms with Crippen LogP contribution < -0.4 is 5.32 Å². The van der Waals surface area contributed by atoms with Crippen LogP contribution in [0.25, 0.3) is 11.1 Å². The van der Waals surface area contributed by atoms with Crippen LogP contribution in [0.3, 0.4) is 0 Å². The predicted octanol–water partition coefficient (Wildman–Crippen LogP) is 3.22. The number of carbonyl (C=O) groups is 1. The molecular formula is C14H18N2O2S. The van der Waals surface area contributed by atoms with Crippen molar-refractivity contribution in [1.82, 2.24) is 10.3 Å². The summed E-state index contributed by atoms with van der Waals surface area (Å²) >= 11 is 1.33. The Labute approximate surface area is 117 Å². The number of thioether (sulfide) groups is 1. The van der Waals surface area contributed by atoms with Gasteiger partial charge in [-0.15, -0.1) is 0 Å². The highest BCUT2D eigenvalue weighted by Crippen LogP contribution is 2.22. The molecule has 2 rings (SSSR count). The number of carbonyl (C=O) groups excluding carboxylic acids is 1. The summed E-state index contributed by atoms with van der Waals surface area (Å²) in [5.41, 5.74) is 1.58. The zero-order valence-electron chi connectivity index (χ0n) is 11.2. The van der Waals surface area contributed by atoms with E-state index in [1.807, 2.05) is 24.3 Å². The second-order valence-electron chi connectivity index (χ2n) is 4.32. The summed E-state index contributed by atoms with van der Waals surface area (Å²) in [5, 5.41) is 3.53. The Morgan fingerprint density at radius 3 is 2.79 bits per heavy atom. The van der Waals surface area contributed by atoms with Gasteiger partial charge < -0.3 is 9.73 Å². The minimum Gasteiger partial charge on any atom is -0.431 e. The molecule has 1 N–H and O–H groups in total. The molecule has 4 nitrogen and oxygen atoms in total. The molecule has 1 heterocycles. The summed E-state index contributed by atoms with van der Waals surface area (Å²) in [4.78, 5) is 16.1. The number of hydrogen-bond donors (Lipinski definition) is 1. The lowest BCUT2D eigenvalue weighted by Gasteiger charge is -2.13. The van der Waals surface area contributed by atoms with E-state index in [1.54, 1.807) is 0 Å². The van der Waals surface area contributed by atoms with Gasteiger partial charge in [0.15, 0.2) is 5.58 Å². The molecule has 1 amide bonds. The van der Waals surface area contributed by atoms with Crippen molar-refractivity contribution < 1.29 is 9.21 Å². The molecule has 0 atom stereocenters. The van der Waals surface area contributed by atoms with Crippen molar-refractivity contribution in [3.63, 3.8) is 0 Å². The third-order valence-electron chi connectivity index (χ3n) is 2.95. The molecular weight excluding hydrogens is 260 g/mol. The third-order valence-corrected chi connectivity index (χ3v) is 3.78. The summed E-state index contributed by atoms with van der Waals surface area (Å²) in [6.07, 6.45) is 1.91. The molecule has 0 aliphatic heterocycles. The van der Waals surface area contributed by atoms with Crippen molar-refractivity contribution in [2.45, 2.75) is 38.0 Å². The molecule has 0 saturated heterocycles. The van der Waals surface area contributed by atoms with Gasteiger partial charge >= 0.3 is 0 Å². The van der Waals surface area contributed by atoms with E-state index in [9.17, 15) is 4.79 Å². The molecule has 19 heavy (non-hydrogen) atoms. The first-order valence-electron chi connectivity index (χ1n) is 6.50. The van der Waals surface area contributed by atoms with E-state index in [0.29, 0.717) is 11.0 Å². The Hall–Kier alpha value is -1.49. The molecule has 102 valence electrons. The van der Waals surface area contributed by atoms with Crippen molar-refractivity contribution in [3.8, 4) is 0 Å². The summed E-state index contributed by atoms with van der Waals surface area (Å²) < 4.78 is 5.55. The van der Waals surface area contributed by atoms with Crippen molar-refractivity contribution >= 4 is 28.8 Å². The van der Waals surface area contributed by atoms with Gasteiger partial charge in [-0.1, -0.05) is 37.7 Å². The summed E-state index contributed by atoms with van der Waals surface area (Å²) in [5.74, 6) is 0.365. The monoisotopic (exact) mass is 278 g/mol. The van der Waals surface area contributed by atoms with Gasteiger partial charge in [-0.3, -0.25) is 4.79 Å². The number of hydrogen-bond acceptors (Lipinski definition) is 4. The minimum absolute atomic E-state index is 0.0287. The van der Waals surface area contributed by atoms with E-state index in [0.717, 1.165) is 23.9 Å². The molecule has 5 heteroatoms. The number of nitrogens with one attached hydrogen (secondary N) is 1. The molecule has 1 aromatic heterocycles. The van der Waals surface area contributed by atoms with Crippen LogP contribution in [0.15, 0.2) is 33.9 Å². The van der Waals surface area contributed by atoms with Gasteiger partial charge in [-0.2, -0.15) is 0 Å². The lowest BCUT2D eigenvalue weighted by molar-refractivity contribution is -0.119. The van der Waals surface area contributed by atoms with Crippen LogP contribution >= 0.6 is 11.8 Å². The standard InChI is InChI=1S/C14H18N2O2S/c1-3-10(4-2)15-13(17)9-19-14-16-11-7-5-6-8-12(11)18-14/h5-8,10H,3-4,9H2,1-2H3,(H,15,17). The molecule has 0 bridgehead atoms. The molecule has 0 radical (unpaired) electrons. The number of oxazole rings is 1. The maximum absolute atomic E-state index is 11.8. The maximum Gasteiger partial charge on any atom is 0.257 e. The lowest BCUT2D eigenvalue weighted by atomic mass is 10.2. The van der Waals surface area contributed by atoms with Crippen LogP contribution in [0.1, 0.15) is 26.7 Å². The van der Waals surface area contributed by atoms with Crippen LogP contribution in [0.5, 0.6) is 0 Å². The summed E-state index contributed by atoms with van der Waals surface area (Å²) in [6.45, 7) is 4.14. The largest absolute Gasteiger partial charge is 0.431 e. The normalized spacial score (nSPS) is 11.1. The molecule has 1 aromatic carbocycles. The second kappa shape index (κ2) is 6.61. The Balaban J connectivity index is 1.89. The van der Waals surface area contributed by atoms with Crippen LogP contribution in [0.2, 0.25) is 0 Å². The topological polar surface area (TPSA) is 55.1 Å². The highest BCUT2D eigenvalue weighted by Gasteiger charge is 2.11. The van der Waals surface area contributed by atoms with Gasteiger partial charge in [-0.05, 0) is 25.0 Å². The fourth-order valence-corrected chi connectivity index (χ4v) is 2.45. The quantitative estimate of drug-likeness (QED) is 0.824. The average molecular weight is 278 g/mol. The Bertz CT molecular complexity index is 516. The van der Waals surface area contributed by atoms with Gasteiger partial charge in [-0.25, -0.2) is 4.98 Å². The number of amides is 1. The second-order valence-corrected chi connectivity index (χ2v) is 5.24. The fraction of sp³-hybridized carbons (Fsp3) is 0.429. The van der Waals surface area contributed by atoms with Gasteiger partial charge in [0.25, 0.3) is 5.22 Å². The highest BCUT2D eigenvalue weighted by molar-refractivity contribution is 7.99. The van der Waals surface area contributed by atoms with Crippen LogP contribution in [0, 0.1) is 0 Å². The van der Waals surface area contributed by atoms with Crippen molar-refractivity contribution in [2.75, 3.05) is 5.75 Å². The molecule has 0 unspecified atom stereocenters. The van der Waals surface area contributed by atoms with Gasteiger partial charge in [0.2, 0.25) is 5.91 Å². The molecule has 0 spiro atoms. The first-order chi connectivity index (χ1) is 9.22. The van der Waals surface area contributed by atoms with E-state index >= 15 is 0 Å². The van der Waals surface area contributed by atoms with E-state index in [-0.39, 0.29) is 11.9 Å². The van der Waals surface area contributed by atoms with E-state index < -0.39 is 0 Å². The number of para-hydroxylation sites is 2. The number of benzene rings is 1. The zero-order chi connectivity index (χ0) is 13.7. The zero-order valence-corrected chi connectivity index (χ0v) is 12.0. The lowest BCUT2D eigenvalue weighted by Crippen LogP contribution is -2.34. The Morgan fingerprint density at radius 1 is 1.37 bits per heavy atom. The number of nitrogens with zero attached hydrogens (tertiary/aromatic N) is 1. The Morgan fingerprint density at radius 2 is 2.11 bits per heavy atom. The number of aromatic nitrogens is 1. The third kappa shape index (κ3) is 3.73.